The minimum atomic E-state index is -0.553. The summed E-state index contributed by atoms with van der Waals surface area (Å²) < 4.78 is 19.0. The number of carbonyl (C=O) groups is 2. The number of hydrazine groups is 1. The number of ether oxygens (including phenoxy) is 3. The molecule has 8 nitrogen and oxygen atoms in total. The molecule has 1 aromatic heterocycles. The zero-order valence-electron chi connectivity index (χ0n) is 19.3. The largest absolute Gasteiger partial charge is 0.489 e. The molecule has 0 aliphatic carbocycles. The van der Waals surface area contributed by atoms with E-state index in [1.54, 1.807) is 0 Å². The van der Waals surface area contributed by atoms with Crippen molar-refractivity contribution in [3.8, 4) is 17.2 Å². The number of nitrogens with zero attached hydrogens (tertiary/aromatic N) is 2. The lowest BCUT2D eigenvalue weighted by Crippen LogP contribution is -2.51. The Labute approximate surface area is 201 Å². The maximum absolute atomic E-state index is 13.1. The number of hydrogen-bond acceptors (Lipinski definition) is 5. The van der Waals surface area contributed by atoms with Crippen molar-refractivity contribution in [1.82, 2.24) is 15.0 Å². The van der Waals surface area contributed by atoms with E-state index in [0.29, 0.717) is 29.5 Å². The molecular weight excluding hydrogens is 446 g/mol. The maximum Gasteiger partial charge on any atom is 0.286 e. The highest BCUT2D eigenvalue weighted by Gasteiger charge is 2.39. The first-order valence-electron chi connectivity index (χ1n) is 11.3. The van der Waals surface area contributed by atoms with Crippen molar-refractivity contribution in [3.63, 3.8) is 0 Å². The zero-order valence-corrected chi connectivity index (χ0v) is 19.3. The molecule has 0 radical (unpaired) electrons. The molecule has 2 amide bonds. The quantitative estimate of drug-likeness (QED) is 0.487. The fourth-order valence-electron chi connectivity index (χ4n) is 4.85. The van der Waals surface area contributed by atoms with E-state index >= 15 is 0 Å². The minimum absolute atomic E-state index is 0.151. The summed E-state index contributed by atoms with van der Waals surface area (Å²) in [7, 11) is 1.85. The second kappa shape index (κ2) is 8.09. The van der Waals surface area contributed by atoms with Crippen molar-refractivity contribution < 1.29 is 23.8 Å². The Morgan fingerprint density at radius 3 is 2.66 bits per heavy atom. The molecule has 0 bridgehead atoms. The highest BCUT2D eigenvalue weighted by molar-refractivity contribution is 6.05. The van der Waals surface area contributed by atoms with Crippen LogP contribution in [0.4, 0.5) is 0 Å². The van der Waals surface area contributed by atoms with Crippen molar-refractivity contribution in [2.75, 3.05) is 6.79 Å². The second-order valence-electron chi connectivity index (χ2n) is 8.62. The van der Waals surface area contributed by atoms with Crippen molar-refractivity contribution in [2.24, 2.45) is 7.05 Å². The Balaban J connectivity index is 1.50. The molecule has 0 spiro atoms. The highest BCUT2D eigenvalue weighted by Crippen LogP contribution is 2.43. The summed E-state index contributed by atoms with van der Waals surface area (Å²) >= 11 is 0. The van der Waals surface area contributed by atoms with Crippen molar-refractivity contribution in [2.45, 2.75) is 19.6 Å². The van der Waals surface area contributed by atoms with E-state index < -0.39 is 6.04 Å². The predicted molar refractivity (Wildman–Crippen MR) is 128 cm³/mol. The molecule has 1 unspecified atom stereocenters. The molecule has 6 rings (SSSR count). The first-order chi connectivity index (χ1) is 17.0. The standard InChI is InChI=1S/C27H23N3O5/c1-16(31)30-25(18-8-11-22-23(12-18)35-15-34-22)24-20-13-19(33-14-17-6-4-3-5-7-17)9-10-21(20)29(2)26(24)27(32)28-30/h3-13,25H,14-15H2,1-2H3,(H,28,32). The van der Waals surface area contributed by atoms with E-state index in [2.05, 4.69) is 5.43 Å². The molecule has 0 saturated carbocycles. The number of nitrogens with one attached hydrogen (secondary N) is 1. The lowest BCUT2D eigenvalue weighted by atomic mass is 9.93. The normalized spacial score (nSPS) is 16.2. The fourth-order valence-corrected chi connectivity index (χ4v) is 4.85. The van der Waals surface area contributed by atoms with Gasteiger partial charge in [-0.2, -0.15) is 0 Å². The summed E-state index contributed by atoms with van der Waals surface area (Å²) in [5.41, 5.74) is 6.74. The van der Waals surface area contributed by atoms with E-state index in [0.717, 1.165) is 27.6 Å². The average molecular weight is 469 g/mol. The third-order valence-corrected chi connectivity index (χ3v) is 6.48. The first kappa shape index (κ1) is 21.1. The number of aryl methyl sites for hydroxylation is 1. The van der Waals surface area contributed by atoms with Gasteiger partial charge in [0.15, 0.2) is 11.5 Å². The molecule has 0 saturated heterocycles. The number of fused-ring (bicyclic) bond motifs is 4. The van der Waals surface area contributed by atoms with Gasteiger partial charge in [0, 0.05) is 30.4 Å². The van der Waals surface area contributed by atoms with E-state index in [-0.39, 0.29) is 18.6 Å². The van der Waals surface area contributed by atoms with Crippen molar-refractivity contribution in [3.05, 3.63) is 89.1 Å². The highest BCUT2D eigenvalue weighted by atomic mass is 16.7. The zero-order chi connectivity index (χ0) is 24.1. The van der Waals surface area contributed by atoms with Gasteiger partial charge in [0.2, 0.25) is 12.7 Å². The van der Waals surface area contributed by atoms with Crippen LogP contribution >= 0.6 is 0 Å². The van der Waals surface area contributed by atoms with E-state index in [1.165, 1.54) is 11.9 Å². The predicted octanol–water partition coefficient (Wildman–Crippen LogP) is 4.08. The monoisotopic (exact) mass is 469 g/mol. The van der Waals surface area contributed by atoms with Crippen LogP contribution in [-0.4, -0.2) is 28.2 Å². The number of benzene rings is 3. The fraction of sp³-hybridized carbons (Fsp3) is 0.185. The molecule has 2 aliphatic heterocycles. The summed E-state index contributed by atoms with van der Waals surface area (Å²) in [5.74, 6) is 1.33. The van der Waals surface area contributed by atoms with Crippen LogP contribution in [0, 0.1) is 0 Å². The molecular formula is C27H23N3O5. The van der Waals surface area contributed by atoms with Crippen molar-refractivity contribution >= 4 is 22.7 Å². The number of rotatable bonds is 4. The van der Waals surface area contributed by atoms with E-state index in [1.807, 2.05) is 78.3 Å². The van der Waals surface area contributed by atoms with Crippen LogP contribution in [0.1, 0.15) is 40.1 Å². The van der Waals surface area contributed by atoms with Crippen LogP contribution in [0.2, 0.25) is 0 Å². The lowest BCUT2D eigenvalue weighted by molar-refractivity contribution is -0.133. The molecule has 176 valence electrons. The molecule has 3 heterocycles. The van der Waals surface area contributed by atoms with Crippen molar-refractivity contribution in [1.29, 1.82) is 0 Å². The second-order valence-corrected chi connectivity index (χ2v) is 8.62. The number of hydrogen-bond donors (Lipinski definition) is 1. The Bertz CT molecular complexity index is 1480. The van der Waals surface area contributed by atoms with Crippen LogP contribution in [-0.2, 0) is 18.4 Å². The van der Waals surface area contributed by atoms with Gasteiger partial charge < -0.3 is 18.8 Å². The van der Waals surface area contributed by atoms with Crippen LogP contribution in [0.25, 0.3) is 10.9 Å². The average Bonchev–Trinajstić information content (AvgIpc) is 3.45. The van der Waals surface area contributed by atoms with Gasteiger partial charge in [-0.25, -0.2) is 5.01 Å². The molecule has 8 heteroatoms. The summed E-state index contributed by atoms with van der Waals surface area (Å²) in [6.45, 7) is 2.01. The topological polar surface area (TPSA) is 82.0 Å². The molecule has 2 aliphatic rings. The van der Waals surface area contributed by atoms with Crippen LogP contribution in [0.15, 0.2) is 66.7 Å². The molecule has 0 fully saturated rings. The van der Waals surface area contributed by atoms with E-state index in [4.69, 9.17) is 14.2 Å². The van der Waals surface area contributed by atoms with Gasteiger partial charge in [-0.1, -0.05) is 36.4 Å². The molecule has 3 aromatic carbocycles. The van der Waals surface area contributed by atoms with Gasteiger partial charge in [-0.3, -0.25) is 15.0 Å². The Hall–Kier alpha value is -4.46. The third kappa shape index (κ3) is 3.45. The number of carbonyl (C=O) groups excluding carboxylic acids is 2. The van der Waals surface area contributed by atoms with Gasteiger partial charge in [0.05, 0.1) is 0 Å². The van der Waals surface area contributed by atoms with Gasteiger partial charge in [0.25, 0.3) is 5.91 Å². The number of amides is 2. The maximum atomic E-state index is 13.1. The SMILES string of the molecule is CC(=O)N1NC(=O)c2c(c3cc(OCc4ccccc4)ccc3n2C)C1c1ccc2c(c1)OCO2. The van der Waals surface area contributed by atoms with Gasteiger partial charge in [0.1, 0.15) is 24.1 Å². The summed E-state index contributed by atoms with van der Waals surface area (Å²) in [6, 6.07) is 20.7. The summed E-state index contributed by atoms with van der Waals surface area (Å²) in [5, 5.41) is 2.22. The number of aromatic nitrogens is 1. The van der Waals surface area contributed by atoms with Gasteiger partial charge in [-0.05, 0) is 41.5 Å². The van der Waals surface area contributed by atoms with Crippen LogP contribution < -0.4 is 19.6 Å². The van der Waals surface area contributed by atoms with Crippen LogP contribution in [0.5, 0.6) is 17.2 Å². The minimum Gasteiger partial charge on any atom is -0.489 e. The summed E-state index contributed by atoms with van der Waals surface area (Å²) in [6.07, 6.45) is 0. The Kier molecular flexibility index (Phi) is 4.88. The summed E-state index contributed by atoms with van der Waals surface area (Å²) in [4.78, 5) is 25.8. The van der Waals surface area contributed by atoms with Gasteiger partial charge >= 0.3 is 0 Å². The van der Waals surface area contributed by atoms with Gasteiger partial charge in [-0.15, -0.1) is 0 Å². The van der Waals surface area contributed by atoms with E-state index in [9.17, 15) is 9.59 Å². The third-order valence-electron chi connectivity index (χ3n) is 6.48. The Morgan fingerprint density at radius 2 is 1.86 bits per heavy atom. The smallest absolute Gasteiger partial charge is 0.286 e. The molecule has 1 N–H and O–H groups in total. The molecule has 4 aromatic rings. The molecule has 35 heavy (non-hydrogen) atoms. The molecule has 1 atom stereocenters. The first-order valence-corrected chi connectivity index (χ1v) is 11.3. The Morgan fingerprint density at radius 1 is 1.06 bits per heavy atom. The van der Waals surface area contributed by atoms with Crippen LogP contribution in [0.3, 0.4) is 0 Å². The lowest BCUT2D eigenvalue weighted by Gasteiger charge is -2.36.